The van der Waals surface area contributed by atoms with Crippen LogP contribution in [-0.4, -0.2) is 17.3 Å². The lowest BCUT2D eigenvalue weighted by Crippen LogP contribution is -2.01. The highest BCUT2D eigenvalue weighted by Crippen LogP contribution is 2.35. The zero-order valence-corrected chi connectivity index (χ0v) is 15.0. The van der Waals surface area contributed by atoms with Gasteiger partial charge in [0.2, 0.25) is 11.7 Å². The summed E-state index contributed by atoms with van der Waals surface area (Å²) in [5.41, 5.74) is 4.78. The van der Waals surface area contributed by atoms with Crippen LogP contribution in [0.2, 0.25) is 0 Å². The first-order valence-corrected chi connectivity index (χ1v) is 9.07. The quantitative estimate of drug-likeness (QED) is 0.565. The molecule has 1 aromatic heterocycles. The van der Waals surface area contributed by atoms with Crippen LogP contribution in [0.4, 0.5) is 5.69 Å². The van der Waals surface area contributed by atoms with Gasteiger partial charge in [0.15, 0.2) is 0 Å². The second kappa shape index (κ2) is 6.43. The van der Waals surface area contributed by atoms with E-state index in [9.17, 15) is 0 Å². The Balaban J connectivity index is 1.41. The summed E-state index contributed by atoms with van der Waals surface area (Å²) in [6, 6.07) is 18.5. The molecule has 134 valence electrons. The van der Waals surface area contributed by atoms with Gasteiger partial charge in [-0.1, -0.05) is 41.6 Å². The van der Waals surface area contributed by atoms with E-state index < -0.39 is 0 Å². The van der Waals surface area contributed by atoms with Crippen LogP contribution in [0.3, 0.4) is 0 Å². The van der Waals surface area contributed by atoms with Crippen LogP contribution in [0.25, 0.3) is 22.2 Å². The van der Waals surface area contributed by atoms with E-state index in [1.165, 1.54) is 21.9 Å². The molecule has 0 saturated carbocycles. The summed E-state index contributed by atoms with van der Waals surface area (Å²) in [6.07, 6.45) is 2.25. The number of ether oxygens (including phenoxy) is 1. The fourth-order valence-corrected chi connectivity index (χ4v) is 3.84. The molecule has 4 aromatic rings. The van der Waals surface area contributed by atoms with Gasteiger partial charge in [-0.05, 0) is 47.6 Å². The molecule has 5 rings (SSSR count). The monoisotopic (exact) mass is 357 g/mol. The first-order valence-electron chi connectivity index (χ1n) is 9.07. The Hall–Kier alpha value is -3.34. The minimum absolute atomic E-state index is 0.473. The average Bonchev–Trinajstić information content (AvgIpc) is 3.36. The molecule has 5 nitrogen and oxygen atoms in total. The van der Waals surface area contributed by atoms with Gasteiger partial charge in [0.25, 0.3) is 0 Å². The van der Waals surface area contributed by atoms with Gasteiger partial charge in [-0.25, -0.2) is 0 Å². The largest absolute Gasteiger partial charge is 0.496 e. The predicted octanol–water partition coefficient (Wildman–Crippen LogP) is 4.61. The zero-order valence-electron chi connectivity index (χ0n) is 15.0. The first-order chi connectivity index (χ1) is 13.3. The second-order valence-electron chi connectivity index (χ2n) is 6.68. The summed E-state index contributed by atoms with van der Waals surface area (Å²) in [7, 11) is 1.64. The lowest BCUT2D eigenvalue weighted by molar-refractivity contribution is 0.383. The number of anilines is 1. The number of nitrogens with zero attached hydrogens (tertiary/aromatic N) is 2. The van der Waals surface area contributed by atoms with Gasteiger partial charge in [0.1, 0.15) is 5.75 Å². The normalized spacial score (nSPS) is 12.5. The lowest BCUT2D eigenvalue weighted by atomic mass is 10.0. The number of benzene rings is 3. The van der Waals surface area contributed by atoms with Gasteiger partial charge in [-0.15, -0.1) is 0 Å². The van der Waals surface area contributed by atoms with E-state index in [1.54, 1.807) is 7.11 Å². The van der Waals surface area contributed by atoms with Crippen LogP contribution < -0.4 is 10.1 Å². The fraction of sp³-hybridized carbons (Fsp3) is 0.182. The highest BCUT2D eigenvalue weighted by molar-refractivity contribution is 5.99. The molecule has 0 aliphatic heterocycles. The van der Waals surface area contributed by atoms with Crippen molar-refractivity contribution in [2.45, 2.75) is 19.4 Å². The van der Waals surface area contributed by atoms with Gasteiger partial charge >= 0.3 is 0 Å². The van der Waals surface area contributed by atoms with E-state index in [0.717, 1.165) is 29.8 Å². The second-order valence-corrected chi connectivity index (χ2v) is 6.68. The Bertz CT molecular complexity index is 1120. The number of aryl methyl sites for hydroxylation is 2. The molecule has 0 radical (unpaired) electrons. The Morgan fingerprint density at radius 2 is 1.85 bits per heavy atom. The van der Waals surface area contributed by atoms with E-state index in [-0.39, 0.29) is 0 Å². The maximum atomic E-state index is 5.43. The maximum absolute atomic E-state index is 5.43. The summed E-state index contributed by atoms with van der Waals surface area (Å²) in [5, 5.41) is 10.2. The van der Waals surface area contributed by atoms with E-state index in [2.05, 4.69) is 45.8 Å². The molecule has 1 heterocycles. The minimum Gasteiger partial charge on any atom is -0.496 e. The summed E-state index contributed by atoms with van der Waals surface area (Å²) >= 11 is 0. The van der Waals surface area contributed by atoms with Crippen molar-refractivity contribution in [3.8, 4) is 17.1 Å². The minimum atomic E-state index is 0.473. The molecule has 1 aliphatic carbocycles. The fourth-order valence-electron chi connectivity index (χ4n) is 3.84. The average molecular weight is 357 g/mol. The molecule has 0 saturated heterocycles. The van der Waals surface area contributed by atoms with Crippen LogP contribution >= 0.6 is 0 Å². The standard InChI is InChI=1S/C22H19N3O2/c1-26-19-8-3-2-6-17(19)22-24-20(27-25-22)13-23-18-12-11-15-10-9-14-5-4-7-16(18)21(14)15/h2-8,11-12,23H,9-10,13H2,1H3. The van der Waals surface area contributed by atoms with Gasteiger partial charge in [0.05, 0.1) is 19.2 Å². The van der Waals surface area contributed by atoms with Crippen LogP contribution in [0, 0.1) is 0 Å². The Labute approximate surface area is 157 Å². The van der Waals surface area contributed by atoms with Crippen LogP contribution in [0.15, 0.2) is 59.1 Å². The molecule has 0 spiro atoms. The Morgan fingerprint density at radius 3 is 2.74 bits per heavy atom. The van der Waals surface area contributed by atoms with Gasteiger partial charge < -0.3 is 14.6 Å². The first kappa shape index (κ1) is 15.9. The van der Waals surface area contributed by atoms with E-state index >= 15 is 0 Å². The summed E-state index contributed by atoms with van der Waals surface area (Å²) in [4.78, 5) is 4.51. The highest BCUT2D eigenvalue weighted by Gasteiger charge is 2.16. The molecular weight excluding hydrogens is 338 g/mol. The Kier molecular flexibility index (Phi) is 3.78. The van der Waals surface area contributed by atoms with Gasteiger partial charge in [0, 0.05) is 11.1 Å². The molecule has 3 aromatic carbocycles. The molecule has 1 N–H and O–H groups in total. The molecule has 27 heavy (non-hydrogen) atoms. The van der Waals surface area contributed by atoms with Crippen molar-refractivity contribution in [1.82, 2.24) is 10.1 Å². The number of methoxy groups -OCH3 is 1. The molecular formula is C22H19N3O2. The van der Waals surface area contributed by atoms with Crippen LogP contribution in [0.5, 0.6) is 5.75 Å². The third kappa shape index (κ3) is 2.72. The lowest BCUT2D eigenvalue weighted by Gasteiger charge is -2.10. The molecule has 5 heteroatoms. The van der Waals surface area contributed by atoms with E-state index in [1.807, 2.05) is 24.3 Å². The molecule has 0 atom stereocenters. The molecule has 0 fully saturated rings. The highest BCUT2D eigenvalue weighted by atomic mass is 16.5. The van der Waals surface area contributed by atoms with Crippen molar-refractivity contribution in [2.75, 3.05) is 12.4 Å². The number of hydrogen-bond donors (Lipinski definition) is 1. The third-order valence-corrected chi connectivity index (χ3v) is 5.12. The van der Waals surface area contributed by atoms with Gasteiger partial charge in [-0.3, -0.25) is 0 Å². The molecule has 0 bridgehead atoms. The Morgan fingerprint density at radius 1 is 1.00 bits per heavy atom. The molecule has 0 unspecified atom stereocenters. The molecule has 1 aliphatic rings. The predicted molar refractivity (Wildman–Crippen MR) is 105 cm³/mol. The van der Waals surface area contributed by atoms with Crippen LogP contribution in [0.1, 0.15) is 17.0 Å². The number of para-hydroxylation sites is 1. The smallest absolute Gasteiger partial charge is 0.246 e. The summed E-state index contributed by atoms with van der Waals surface area (Å²) in [6.45, 7) is 0.473. The van der Waals surface area contributed by atoms with Crippen molar-refractivity contribution >= 4 is 16.5 Å². The summed E-state index contributed by atoms with van der Waals surface area (Å²) < 4.78 is 10.8. The SMILES string of the molecule is COc1ccccc1-c1noc(CNc2ccc3c4c(cccc24)CC3)n1. The van der Waals surface area contributed by atoms with E-state index in [4.69, 9.17) is 9.26 Å². The third-order valence-electron chi connectivity index (χ3n) is 5.12. The maximum Gasteiger partial charge on any atom is 0.246 e. The van der Waals surface area contributed by atoms with Gasteiger partial charge in [-0.2, -0.15) is 4.98 Å². The number of rotatable bonds is 5. The zero-order chi connectivity index (χ0) is 18.2. The number of aromatic nitrogens is 2. The van der Waals surface area contributed by atoms with Crippen molar-refractivity contribution in [2.24, 2.45) is 0 Å². The van der Waals surface area contributed by atoms with Crippen molar-refractivity contribution in [1.29, 1.82) is 0 Å². The number of hydrogen-bond acceptors (Lipinski definition) is 5. The van der Waals surface area contributed by atoms with E-state index in [0.29, 0.717) is 18.3 Å². The molecule has 0 amide bonds. The van der Waals surface area contributed by atoms with Crippen molar-refractivity contribution in [3.63, 3.8) is 0 Å². The van der Waals surface area contributed by atoms with Crippen molar-refractivity contribution < 1.29 is 9.26 Å². The van der Waals surface area contributed by atoms with Crippen molar-refractivity contribution in [3.05, 3.63) is 71.6 Å². The number of nitrogens with one attached hydrogen (secondary N) is 1. The van der Waals surface area contributed by atoms with Crippen LogP contribution in [-0.2, 0) is 19.4 Å². The summed E-state index contributed by atoms with van der Waals surface area (Å²) in [5.74, 6) is 1.80. The topological polar surface area (TPSA) is 60.2 Å².